The van der Waals surface area contributed by atoms with E-state index in [1.54, 1.807) is 0 Å². The zero-order valence-corrected chi connectivity index (χ0v) is 6.37. The van der Waals surface area contributed by atoms with E-state index in [1.165, 1.54) is 16.7 Å². The molecule has 1 atom stereocenters. The summed E-state index contributed by atoms with van der Waals surface area (Å²) in [4.78, 5) is 3.64. The molecule has 0 saturated carbocycles. The number of nitrogens with one attached hydrogen (secondary N) is 1. The van der Waals surface area contributed by atoms with Crippen LogP contribution in [0.2, 0.25) is 0 Å². The van der Waals surface area contributed by atoms with Gasteiger partial charge in [-0.05, 0) is 0 Å². The monoisotopic (exact) mass is 178 g/mol. The van der Waals surface area contributed by atoms with E-state index in [1.807, 2.05) is 0 Å². The van der Waals surface area contributed by atoms with Crippen molar-refractivity contribution < 1.29 is 8.76 Å². The topological polar surface area (TPSA) is 91.1 Å². The molecule has 0 amide bonds. The van der Waals surface area contributed by atoms with E-state index in [2.05, 4.69) is 9.71 Å². The average molecular weight is 178 g/mol. The first-order chi connectivity index (χ1) is 4.68. The average Bonchev–Trinajstić information content (AvgIpc) is 2.13. The minimum absolute atomic E-state index is 0.260. The highest BCUT2D eigenvalue weighted by atomic mass is 32.2. The summed E-state index contributed by atoms with van der Waals surface area (Å²) in [5, 5.41) is 1.86. The number of anilines is 2. The number of nitrogen functional groups attached to an aromatic ring is 1. The van der Waals surface area contributed by atoms with Crippen LogP contribution in [-0.4, -0.2) is 13.7 Å². The molecule has 0 radical (unpaired) electrons. The third-order valence-electron chi connectivity index (χ3n) is 0.710. The van der Waals surface area contributed by atoms with Crippen molar-refractivity contribution in [1.82, 2.24) is 4.98 Å². The maximum atomic E-state index is 9.99. The maximum absolute atomic E-state index is 9.99. The molecule has 5 nitrogen and oxygen atoms in total. The summed E-state index contributed by atoms with van der Waals surface area (Å²) < 4.78 is 22.0. The summed E-state index contributed by atoms with van der Waals surface area (Å²) >= 11 is -1.14. The van der Waals surface area contributed by atoms with E-state index in [9.17, 15) is 8.76 Å². The molecule has 7 heteroatoms. The van der Waals surface area contributed by atoms with Gasteiger partial charge in [0, 0.05) is 16.6 Å². The van der Waals surface area contributed by atoms with Gasteiger partial charge in [0.2, 0.25) is 0 Å². The van der Waals surface area contributed by atoms with Gasteiger partial charge in [-0.3, -0.25) is 8.93 Å². The van der Waals surface area contributed by atoms with Crippen LogP contribution >= 0.6 is 11.3 Å². The summed E-state index contributed by atoms with van der Waals surface area (Å²) in [6, 6.07) is 0. The summed E-state index contributed by atoms with van der Waals surface area (Å²) in [5.74, 6) is 0.260. The second-order valence-corrected chi connectivity index (χ2v) is 2.97. The van der Waals surface area contributed by atoms with E-state index in [0.29, 0.717) is 5.13 Å². The Morgan fingerprint density at radius 3 is 3.00 bits per heavy atom. The Labute approximate surface area is 63.7 Å². The highest BCUT2D eigenvalue weighted by Crippen LogP contribution is 2.15. The lowest BCUT2D eigenvalue weighted by Gasteiger charge is -2.02. The number of hydrogen-bond acceptors (Lipinski definition) is 5. The number of rotatable bonds is 2. The smallest absolute Gasteiger partial charge is 0.182 e. The van der Waals surface area contributed by atoms with Gasteiger partial charge in [0.15, 0.2) is 5.13 Å². The van der Waals surface area contributed by atoms with Crippen LogP contribution in [0.15, 0.2) is 5.38 Å². The van der Waals surface area contributed by atoms with Gasteiger partial charge in [-0.15, -0.1) is 11.3 Å². The minimum Gasteiger partial charge on any atom is -0.755 e. The molecule has 0 aliphatic carbocycles. The first-order valence-electron chi connectivity index (χ1n) is 2.25. The van der Waals surface area contributed by atoms with E-state index < -0.39 is 11.3 Å². The first kappa shape index (κ1) is 7.45. The third kappa shape index (κ3) is 1.94. The van der Waals surface area contributed by atoms with Gasteiger partial charge in [-0.1, -0.05) is 0 Å². The Morgan fingerprint density at radius 2 is 2.60 bits per heavy atom. The van der Waals surface area contributed by atoms with Crippen LogP contribution in [0.4, 0.5) is 10.9 Å². The molecule has 0 bridgehead atoms. The Balaban J connectivity index is 2.67. The van der Waals surface area contributed by atoms with Crippen molar-refractivity contribution in [2.75, 3.05) is 10.5 Å². The normalized spacial score (nSPS) is 12.9. The standard InChI is InChI=1S/C3H5N3O2S2/c4-3-5-2(1-9-3)6-10(7)8/h1,6H,(H2,4,5)(H,7,8)/p-1. The molecule has 1 aromatic heterocycles. The van der Waals surface area contributed by atoms with Crippen molar-refractivity contribution in [2.24, 2.45) is 0 Å². The summed E-state index contributed by atoms with van der Waals surface area (Å²) in [6.45, 7) is 0. The van der Waals surface area contributed by atoms with Crippen LogP contribution in [0.3, 0.4) is 0 Å². The Hall–Kier alpha value is -0.660. The lowest BCUT2D eigenvalue weighted by Crippen LogP contribution is -2.02. The quantitative estimate of drug-likeness (QED) is 0.620. The van der Waals surface area contributed by atoms with Crippen molar-refractivity contribution >= 4 is 33.6 Å². The Morgan fingerprint density at radius 1 is 1.90 bits per heavy atom. The number of nitrogens with zero attached hydrogens (tertiary/aromatic N) is 1. The Kier molecular flexibility index (Phi) is 2.20. The lowest BCUT2D eigenvalue weighted by atomic mass is 10.8. The van der Waals surface area contributed by atoms with Crippen LogP contribution in [0, 0.1) is 0 Å². The zero-order chi connectivity index (χ0) is 7.56. The lowest BCUT2D eigenvalue weighted by molar-refractivity contribution is 0.542. The number of thiazole rings is 1. The highest BCUT2D eigenvalue weighted by molar-refractivity contribution is 7.80. The van der Waals surface area contributed by atoms with Gasteiger partial charge in [0.05, 0.1) is 0 Å². The van der Waals surface area contributed by atoms with Crippen molar-refractivity contribution in [3.05, 3.63) is 5.38 Å². The van der Waals surface area contributed by atoms with Crippen molar-refractivity contribution in [3.63, 3.8) is 0 Å². The largest absolute Gasteiger partial charge is 0.755 e. The molecule has 1 aromatic rings. The molecule has 1 rings (SSSR count). The fourth-order valence-corrected chi connectivity index (χ4v) is 1.26. The molecule has 1 unspecified atom stereocenters. The van der Waals surface area contributed by atoms with E-state index in [-0.39, 0.29) is 5.82 Å². The molecule has 0 aromatic carbocycles. The first-order valence-corrected chi connectivity index (χ1v) is 4.21. The number of nitrogens with two attached hydrogens (primary N) is 1. The molecular formula is C3H4N3O2S2-. The fourth-order valence-electron chi connectivity index (χ4n) is 0.420. The van der Waals surface area contributed by atoms with E-state index in [0.717, 1.165) is 0 Å². The van der Waals surface area contributed by atoms with Crippen LogP contribution < -0.4 is 10.5 Å². The van der Waals surface area contributed by atoms with Gasteiger partial charge in [-0.25, -0.2) is 4.98 Å². The molecule has 0 spiro atoms. The van der Waals surface area contributed by atoms with Gasteiger partial charge >= 0.3 is 0 Å². The number of hydrogen-bond donors (Lipinski definition) is 2. The highest BCUT2D eigenvalue weighted by Gasteiger charge is 1.94. The van der Waals surface area contributed by atoms with E-state index >= 15 is 0 Å². The summed E-state index contributed by atoms with van der Waals surface area (Å²) in [6.07, 6.45) is 0. The van der Waals surface area contributed by atoms with Gasteiger partial charge in [-0.2, -0.15) is 0 Å². The second-order valence-electron chi connectivity index (χ2n) is 1.41. The third-order valence-corrected chi connectivity index (χ3v) is 1.76. The van der Waals surface area contributed by atoms with E-state index in [4.69, 9.17) is 5.73 Å². The summed E-state index contributed by atoms with van der Waals surface area (Å²) in [5.41, 5.74) is 5.22. The van der Waals surface area contributed by atoms with Crippen LogP contribution in [0.5, 0.6) is 0 Å². The molecular weight excluding hydrogens is 174 g/mol. The molecule has 56 valence electrons. The van der Waals surface area contributed by atoms with Gasteiger partial charge in [0.25, 0.3) is 0 Å². The van der Waals surface area contributed by atoms with Crippen molar-refractivity contribution in [1.29, 1.82) is 0 Å². The minimum atomic E-state index is -2.31. The molecule has 1 heterocycles. The summed E-state index contributed by atoms with van der Waals surface area (Å²) in [7, 11) is 0. The van der Waals surface area contributed by atoms with Crippen molar-refractivity contribution in [3.8, 4) is 0 Å². The Bertz CT molecular complexity index is 248. The fraction of sp³-hybridized carbons (Fsp3) is 0. The van der Waals surface area contributed by atoms with Gasteiger partial charge < -0.3 is 10.3 Å². The van der Waals surface area contributed by atoms with Crippen LogP contribution in [0.1, 0.15) is 0 Å². The SMILES string of the molecule is Nc1nc(NS(=O)[O-])cs1. The molecule has 0 aliphatic rings. The molecule has 3 N–H and O–H groups in total. The molecule has 0 saturated heterocycles. The molecule has 10 heavy (non-hydrogen) atoms. The molecule has 0 fully saturated rings. The van der Waals surface area contributed by atoms with Crippen molar-refractivity contribution in [2.45, 2.75) is 0 Å². The second kappa shape index (κ2) is 2.95. The molecule has 0 aliphatic heterocycles. The van der Waals surface area contributed by atoms with Gasteiger partial charge in [0.1, 0.15) is 5.82 Å². The predicted octanol–water partition coefficient (Wildman–Crippen LogP) is -0.0687. The van der Waals surface area contributed by atoms with Crippen LogP contribution in [-0.2, 0) is 11.3 Å². The predicted molar refractivity (Wildman–Crippen MR) is 39.1 cm³/mol. The number of aromatic nitrogens is 1. The maximum Gasteiger partial charge on any atom is 0.182 e. The van der Waals surface area contributed by atoms with Crippen LogP contribution in [0.25, 0.3) is 0 Å². The zero-order valence-electron chi connectivity index (χ0n) is 4.73.